The lowest BCUT2D eigenvalue weighted by Gasteiger charge is -2.25. The molecule has 7 heteroatoms. The number of carbonyl (C=O) groups is 2. The van der Waals surface area contributed by atoms with Crippen molar-refractivity contribution in [3.63, 3.8) is 0 Å². The molecule has 0 spiro atoms. The quantitative estimate of drug-likeness (QED) is 0.722. The van der Waals surface area contributed by atoms with Crippen molar-refractivity contribution >= 4 is 17.5 Å². The Bertz CT molecular complexity index is 515. The summed E-state index contributed by atoms with van der Waals surface area (Å²) in [4.78, 5) is 22.5. The highest BCUT2D eigenvalue weighted by molar-refractivity contribution is 5.97. The van der Waals surface area contributed by atoms with Gasteiger partial charge in [0.25, 0.3) is 5.91 Å². The van der Waals surface area contributed by atoms with Crippen LogP contribution in [-0.2, 0) is 4.79 Å². The maximum atomic E-state index is 13.4. The number of primary amides is 1. The molecule has 2 amide bonds. The Morgan fingerprint density at radius 1 is 1.28 bits per heavy atom. The van der Waals surface area contributed by atoms with E-state index in [2.05, 4.69) is 10.6 Å². The molecule has 0 aliphatic carbocycles. The van der Waals surface area contributed by atoms with Gasteiger partial charge in [0.05, 0.1) is 17.2 Å². The molecule has 0 bridgehead atoms. The van der Waals surface area contributed by atoms with Gasteiger partial charge in [0.2, 0.25) is 5.91 Å². The number of carbonyl (C=O) groups excluding carboxylic acids is 2. The Kier molecular flexibility index (Phi) is 3.24. The highest BCUT2D eigenvalue weighted by Gasteiger charge is 2.26. The van der Waals surface area contributed by atoms with E-state index in [-0.39, 0.29) is 17.5 Å². The molecule has 2 rings (SSSR count). The maximum absolute atomic E-state index is 13.4. The summed E-state index contributed by atoms with van der Waals surface area (Å²) in [5.41, 5.74) is 4.23. The second-order valence-electron chi connectivity index (χ2n) is 4.02. The van der Waals surface area contributed by atoms with E-state index in [4.69, 9.17) is 5.73 Å². The van der Waals surface area contributed by atoms with Crippen molar-refractivity contribution in [2.24, 2.45) is 11.7 Å². The second kappa shape index (κ2) is 4.69. The predicted octanol–water partition coefficient (Wildman–Crippen LogP) is 0.222. The summed E-state index contributed by atoms with van der Waals surface area (Å²) in [6, 6.07) is 1.42. The fourth-order valence-corrected chi connectivity index (χ4v) is 1.54. The lowest BCUT2D eigenvalue weighted by atomic mass is 10.0. The van der Waals surface area contributed by atoms with Crippen molar-refractivity contribution in [3.05, 3.63) is 29.3 Å². The first kappa shape index (κ1) is 12.4. The Hall–Kier alpha value is -2.02. The van der Waals surface area contributed by atoms with Gasteiger partial charge in [-0.3, -0.25) is 9.59 Å². The molecule has 1 aromatic rings. The van der Waals surface area contributed by atoms with E-state index < -0.39 is 23.1 Å². The first-order chi connectivity index (χ1) is 8.49. The topological polar surface area (TPSA) is 84.2 Å². The Balaban J connectivity index is 2.23. The molecule has 1 saturated heterocycles. The fourth-order valence-electron chi connectivity index (χ4n) is 1.54. The van der Waals surface area contributed by atoms with Gasteiger partial charge in [-0.05, 0) is 6.07 Å². The molecule has 1 aromatic carbocycles. The largest absolute Gasteiger partial charge is 0.366 e. The van der Waals surface area contributed by atoms with Crippen LogP contribution in [0, 0.1) is 17.6 Å². The van der Waals surface area contributed by atoms with Crippen molar-refractivity contribution in [1.29, 1.82) is 0 Å². The van der Waals surface area contributed by atoms with Crippen molar-refractivity contribution < 1.29 is 18.4 Å². The van der Waals surface area contributed by atoms with E-state index in [1.54, 1.807) is 0 Å². The molecular weight excluding hydrogens is 244 g/mol. The van der Waals surface area contributed by atoms with Crippen LogP contribution in [0.25, 0.3) is 0 Å². The van der Waals surface area contributed by atoms with Gasteiger partial charge in [-0.15, -0.1) is 0 Å². The molecular formula is C11H11F2N3O2. The molecule has 0 radical (unpaired) electrons. The normalized spacial score (nSPS) is 15.0. The average Bonchev–Trinajstić information content (AvgIpc) is 2.18. The van der Waals surface area contributed by atoms with Crippen LogP contribution in [0.1, 0.15) is 10.4 Å². The number of nitrogens with two attached hydrogens (primary N) is 1. The third-order valence-electron chi connectivity index (χ3n) is 2.73. The first-order valence-electron chi connectivity index (χ1n) is 5.29. The number of anilines is 1. The molecule has 1 aliphatic heterocycles. The smallest absolute Gasteiger partial charge is 0.251 e. The molecule has 4 N–H and O–H groups in total. The number of rotatable bonds is 3. The lowest BCUT2D eigenvalue weighted by molar-refractivity contribution is -0.121. The number of hydrogen-bond donors (Lipinski definition) is 3. The molecule has 0 saturated carbocycles. The molecule has 18 heavy (non-hydrogen) atoms. The van der Waals surface area contributed by atoms with E-state index in [0.29, 0.717) is 19.2 Å². The van der Waals surface area contributed by atoms with Crippen LogP contribution in [0.5, 0.6) is 0 Å². The van der Waals surface area contributed by atoms with Crippen LogP contribution in [-0.4, -0.2) is 24.9 Å². The third-order valence-corrected chi connectivity index (χ3v) is 2.73. The molecule has 0 unspecified atom stereocenters. The van der Waals surface area contributed by atoms with E-state index in [1.807, 2.05) is 0 Å². The van der Waals surface area contributed by atoms with Gasteiger partial charge in [0.1, 0.15) is 11.6 Å². The summed E-state index contributed by atoms with van der Waals surface area (Å²) >= 11 is 0. The Morgan fingerprint density at radius 3 is 2.44 bits per heavy atom. The summed E-state index contributed by atoms with van der Waals surface area (Å²) in [6.07, 6.45) is 0. The minimum absolute atomic E-state index is 0.244. The third kappa shape index (κ3) is 2.30. The van der Waals surface area contributed by atoms with Gasteiger partial charge in [-0.1, -0.05) is 0 Å². The van der Waals surface area contributed by atoms with Crippen molar-refractivity contribution in [2.75, 3.05) is 18.4 Å². The Morgan fingerprint density at radius 2 is 1.94 bits per heavy atom. The molecule has 96 valence electrons. The van der Waals surface area contributed by atoms with Gasteiger partial charge in [0, 0.05) is 19.2 Å². The standard InChI is InChI=1S/C11H11F2N3O2/c12-7-2-8(13)9(1-6(7)10(14)17)16-11(18)5-3-15-4-5/h1-2,5,15H,3-4H2,(H2,14,17)(H,16,18). The second-order valence-corrected chi connectivity index (χ2v) is 4.02. The Labute approximate surface area is 101 Å². The first-order valence-corrected chi connectivity index (χ1v) is 5.29. The summed E-state index contributed by atoms with van der Waals surface area (Å²) in [7, 11) is 0. The summed E-state index contributed by atoms with van der Waals surface area (Å²) < 4.78 is 26.6. The van der Waals surface area contributed by atoms with Crippen LogP contribution >= 0.6 is 0 Å². The van der Waals surface area contributed by atoms with Crippen LogP contribution in [0.2, 0.25) is 0 Å². The fraction of sp³-hybridized carbons (Fsp3) is 0.273. The molecule has 1 aliphatic rings. The van der Waals surface area contributed by atoms with E-state index >= 15 is 0 Å². The van der Waals surface area contributed by atoms with Gasteiger partial charge in [0.15, 0.2) is 0 Å². The number of nitrogens with one attached hydrogen (secondary N) is 2. The van der Waals surface area contributed by atoms with Crippen LogP contribution in [0.15, 0.2) is 12.1 Å². The maximum Gasteiger partial charge on any atom is 0.251 e. The minimum atomic E-state index is -1.05. The minimum Gasteiger partial charge on any atom is -0.366 e. The van der Waals surface area contributed by atoms with Crippen LogP contribution in [0.3, 0.4) is 0 Å². The monoisotopic (exact) mass is 255 g/mol. The van der Waals surface area contributed by atoms with Crippen molar-refractivity contribution in [3.8, 4) is 0 Å². The summed E-state index contributed by atoms with van der Waals surface area (Å²) in [5, 5.41) is 5.20. The zero-order valence-corrected chi connectivity index (χ0v) is 9.30. The lowest BCUT2D eigenvalue weighted by Crippen LogP contribution is -2.48. The van der Waals surface area contributed by atoms with E-state index in [0.717, 1.165) is 6.07 Å². The SMILES string of the molecule is NC(=O)c1cc(NC(=O)C2CNC2)c(F)cc1F. The van der Waals surface area contributed by atoms with Crippen LogP contribution in [0.4, 0.5) is 14.5 Å². The number of benzene rings is 1. The highest BCUT2D eigenvalue weighted by atomic mass is 19.1. The average molecular weight is 255 g/mol. The number of hydrogen-bond acceptors (Lipinski definition) is 3. The van der Waals surface area contributed by atoms with E-state index in [9.17, 15) is 18.4 Å². The highest BCUT2D eigenvalue weighted by Crippen LogP contribution is 2.20. The van der Waals surface area contributed by atoms with Gasteiger partial charge in [-0.2, -0.15) is 0 Å². The summed E-state index contributed by atoms with van der Waals surface area (Å²) in [6.45, 7) is 1.02. The zero-order chi connectivity index (χ0) is 13.3. The van der Waals surface area contributed by atoms with Gasteiger partial charge in [-0.25, -0.2) is 8.78 Å². The number of amides is 2. The van der Waals surface area contributed by atoms with Gasteiger partial charge >= 0.3 is 0 Å². The van der Waals surface area contributed by atoms with Crippen LogP contribution < -0.4 is 16.4 Å². The zero-order valence-electron chi connectivity index (χ0n) is 9.30. The molecule has 1 fully saturated rings. The van der Waals surface area contributed by atoms with E-state index in [1.165, 1.54) is 0 Å². The predicted molar refractivity (Wildman–Crippen MR) is 59.9 cm³/mol. The molecule has 0 atom stereocenters. The number of halogens is 2. The van der Waals surface area contributed by atoms with Gasteiger partial charge < -0.3 is 16.4 Å². The molecule has 0 aromatic heterocycles. The molecule has 5 nitrogen and oxygen atoms in total. The van der Waals surface area contributed by atoms with Crippen molar-refractivity contribution in [1.82, 2.24) is 5.32 Å². The molecule has 1 heterocycles. The van der Waals surface area contributed by atoms with Crippen molar-refractivity contribution in [2.45, 2.75) is 0 Å². The summed E-state index contributed by atoms with van der Waals surface area (Å²) in [5.74, 6) is -3.64.